The Morgan fingerprint density at radius 1 is 1.12 bits per heavy atom. The second-order valence-electron chi connectivity index (χ2n) is 5.77. The summed E-state index contributed by atoms with van der Waals surface area (Å²) in [6.07, 6.45) is 2.88. The van der Waals surface area contributed by atoms with Crippen LogP contribution in [0.3, 0.4) is 0 Å². The summed E-state index contributed by atoms with van der Waals surface area (Å²) < 4.78 is 25.5. The van der Waals surface area contributed by atoms with Gasteiger partial charge in [0.25, 0.3) is 0 Å². The zero-order valence-corrected chi connectivity index (χ0v) is 15.0. The van der Waals surface area contributed by atoms with Crippen molar-refractivity contribution in [2.24, 2.45) is 0 Å². The Morgan fingerprint density at radius 2 is 1.88 bits per heavy atom. The first-order chi connectivity index (χ1) is 11.9. The summed E-state index contributed by atoms with van der Waals surface area (Å²) in [5.41, 5.74) is 9.92. The third-order valence-corrected chi connectivity index (χ3v) is 5.91. The van der Waals surface area contributed by atoms with Crippen LogP contribution in [0.5, 0.6) is 0 Å². The van der Waals surface area contributed by atoms with Crippen LogP contribution in [0.2, 0.25) is 0 Å². The highest BCUT2D eigenvalue weighted by Gasteiger charge is 2.15. The smallest absolute Gasteiger partial charge is 0.175 e. The summed E-state index contributed by atoms with van der Waals surface area (Å²) in [5.74, 6) is 0.473. The molecule has 0 aliphatic heterocycles. The molecule has 3 heterocycles. The first kappa shape index (κ1) is 15.9. The van der Waals surface area contributed by atoms with Gasteiger partial charge in [0.1, 0.15) is 5.82 Å². The van der Waals surface area contributed by atoms with Gasteiger partial charge in [-0.05, 0) is 47.8 Å². The number of thiophene rings is 1. The van der Waals surface area contributed by atoms with E-state index in [2.05, 4.69) is 14.9 Å². The second kappa shape index (κ2) is 5.72. The molecule has 126 valence electrons. The highest BCUT2D eigenvalue weighted by Crippen LogP contribution is 2.34. The molecule has 0 atom stereocenters. The van der Waals surface area contributed by atoms with Crippen molar-refractivity contribution in [2.75, 3.05) is 12.0 Å². The Labute approximate surface area is 149 Å². The standard InChI is InChI=1S/C18H15N3O2S2/c1-25(22,23)14-4-2-13(3-5-14)21-16-6-8-20-18(19)15(16)10-17(21)12-7-9-24-11-12/h2-11H,1H3,(H2,19,20). The van der Waals surface area contributed by atoms with Crippen LogP contribution < -0.4 is 5.73 Å². The van der Waals surface area contributed by atoms with Gasteiger partial charge in [-0.1, -0.05) is 0 Å². The molecule has 0 radical (unpaired) electrons. The maximum absolute atomic E-state index is 11.7. The highest BCUT2D eigenvalue weighted by molar-refractivity contribution is 7.90. The van der Waals surface area contributed by atoms with E-state index >= 15 is 0 Å². The van der Waals surface area contributed by atoms with Crippen LogP contribution >= 0.6 is 11.3 Å². The lowest BCUT2D eigenvalue weighted by Crippen LogP contribution is -2.00. The third-order valence-electron chi connectivity index (χ3n) is 4.10. The predicted octanol–water partition coefficient (Wildman–Crippen LogP) is 3.74. The first-order valence-electron chi connectivity index (χ1n) is 7.54. The molecule has 0 fully saturated rings. The van der Waals surface area contributed by atoms with Gasteiger partial charge in [0.05, 0.1) is 16.1 Å². The van der Waals surface area contributed by atoms with E-state index in [4.69, 9.17) is 5.73 Å². The number of anilines is 1. The van der Waals surface area contributed by atoms with E-state index in [-0.39, 0.29) is 0 Å². The summed E-state index contributed by atoms with van der Waals surface area (Å²) in [4.78, 5) is 4.47. The molecule has 0 amide bonds. The topological polar surface area (TPSA) is 78.0 Å². The third kappa shape index (κ3) is 2.71. The van der Waals surface area contributed by atoms with Crippen molar-refractivity contribution in [3.05, 3.63) is 59.4 Å². The lowest BCUT2D eigenvalue weighted by Gasteiger charge is -2.11. The number of aromatic nitrogens is 2. The summed E-state index contributed by atoms with van der Waals surface area (Å²) in [6, 6.07) is 12.8. The molecule has 0 saturated heterocycles. The van der Waals surface area contributed by atoms with Crippen molar-refractivity contribution in [2.45, 2.75) is 4.90 Å². The van der Waals surface area contributed by atoms with Crippen LogP contribution in [0.15, 0.2) is 64.3 Å². The molecule has 0 unspecified atom stereocenters. The van der Waals surface area contributed by atoms with Crippen LogP contribution in [0.1, 0.15) is 0 Å². The van der Waals surface area contributed by atoms with E-state index in [1.54, 1.807) is 29.7 Å². The van der Waals surface area contributed by atoms with E-state index in [9.17, 15) is 8.42 Å². The fraction of sp³-hybridized carbons (Fsp3) is 0.0556. The molecule has 4 aromatic rings. The average Bonchev–Trinajstić information content (AvgIpc) is 3.22. The molecule has 0 spiro atoms. The monoisotopic (exact) mass is 369 g/mol. The van der Waals surface area contributed by atoms with E-state index in [1.165, 1.54) is 6.26 Å². The summed E-state index contributed by atoms with van der Waals surface area (Å²) in [7, 11) is -3.23. The summed E-state index contributed by atoms with van der Waals surface area (Å²) in [5, 5.41) is 4.96. The fourth-order valence-electron chi connectivity index (χ4n) is 2.90. The molecule has 7 heteroatoms. The molecular weight excluding hydrogens is 354 g/mol. The van der Waals surface area contributed by atoms with Crippen molar-refractivity contribution in [1.29, 1.82) is 0 Å². The zero-order chi connectivity index (χ0) is 17.6. The van der Waals surface area contributed by atoms with Gasteiger partial charge in [-0.2, -0.15) is 11.3 Å². The molecule has 2 N–H and O–H groups in total. The van der Waals surface area contributed by atoms with Crippen LogP contribution in [0, 0.1) is 0 Å². The van der Waals surface area contributed by atoms with Gasteiger partial charge < -0.3 is 10.3 Å². The number of nitrogen functional groups attached to an aromatic ring is 1. The molecule has 25 heavy (non-hydrogen) atoms. The highest BCUT2D eigenvalue weighted by atomic mass is 32.2. The Kier molecular flexibility index (Phi) is 3.63. The normalized spacial score (nSPS) is 11.9. The lowest BCUT2D eigenvalue weighted by molar-refractivity contribution is 0.602. The van der Waals surface area contributed by atoms with Gasteiger partial charge in [-0.15, -0.1) is 0 Å². The molecule has 0 bridgehead atoms. The van der Waals surface area contributed by atoms with Crippen LogP contribution in [-0.2, 0) is 9.84 Å². The van der Waals surface area contributed by atoms with Crippen LogP contribution in [-0.4, -0.2) is 24.2 Å². The Bertz CT molecular complexity index is 1160. The number of benzene rings is 1. The Balaban J connectivity index is 2.00. The summed E-state index contributed by atoms with van der Waals surface area (Å²) >= 11 is 1.62. The average molecular weight is 369 g/mol. The predicted molar refractivity (Wildman–Crippen MR) is 102 cm³/mol. The van der Waals surface area contributed by atoms with Crippen molar-refractivity contribution >= 4 is 37.9 Å². The van der Waals surface area contributed by atoms with Crippen molar-refractivity contribution < 1.29 is 8.42 Å². The molecule has 1 aromatic carbocycles. The first-order valence-corrected chi connectivity index (χ1v) is 10.4. The van der Waals surface area contributed by atoms with Crippen molar-refractivity contribution in [3.63, 3.8) is 0 Å². The fourth-order valence-corrected chi connectivity index (χ4v) is 4.18. The molecule has 4 rings (SSSR count). The SMILES string of the molecule is CS(=O)(=O)c1ccc(-n2c(-c3ccsc3)cc3c(N)nccc32)cc1. The van der Waals surface area contributed by atoms with Gasteiger partial charge >= 0.3 is 0 Å². The van der Waals surface area contributed by atoms with Crippen molar-refractivity contribution in [1.82, 2.24) is 9.55 Å². The number of nitrogens with zero attached hydrogens (tertiary/aromatic N) is 2. The van der Waals surface area contributed by atoms with E-state index in [1.807, 2.05) is 35.7 Å². The Morgan fingerprint density at radius 3 is 2.52 bits per heavy atom. The van der Waals surface area contributed by atoms with Crippen molar-refractivity contribution in [3.8, 4) is 16.9 Å². The maximum atomic E-state index is 11.7. The minimum Gasteiger partial charge on any atom is -0.383 e. The Hall–Kier alpha value is -2.64. The van der Waals surface area contributed by atoms with Gasteiger partial charge in [0.15, 0.2) is 9.84 Å². The zero-order valence-electron chi connectivity index (χ0n) is 13.4. The maximum Gasteiger partial charge on any atom is 0.175 e. The molecule has 0 saturated carbocycles. The number of nitrogens with two attached hydrogens (primary N) is 1. The van der Waals surface area contributed by atoms with E-state index < -0.39 is 9.84 Å². The number of pyridine rings is 1. The second-order valence-corrected chi connectivity index (χ2v) is 8.57. The minimum absolute atomic E-state index is 0.297. The molecular formula is C18H15N3O2S2. The van der Waals surface area contributed by atoms with Crippen LogP contribution in [0.4, 0.5) is 5.82 Å². The number of fused-ring (bicyclic) bond motifs is 1. The molecule has 0 aliphatic carbocycles. The van der Waals surface area contributed by atoms with Gasteiger partial charge in [-0.25, -0.2) is 13.4 Å². The quantitative estimate of drug-likeness (QED) is 0.597. The van der Waals surface area contributed by atoms with Gasteiger partial charge in [0, 0.05) is 34.5 Å². The largest absolute Gasteiger partial charge is 0.383 e. The molecule has 5 nitrogen and oxygen atoms in total. The number of rotatable bonds is 3. The number of sulfone groups is 1. The number of hydrogen-bond acceptors (Lipinski definition) is 5. The van der Waals surface area contributed by atoms with Gasteiger partial charge in [-0.3, -0.25) is 0 Å². The number of hydrogen-bond donors (Lipinski definition) is 1. The van der Waals surface area contributed by atoms with Gasteiger partial charge in [0.2, 0.25) is 0 Å². The lowest BCUT2D eigenvalue weighted by atomic mass is 10.2. The van der Waals surface area contributed by atoms with E-state index in [0.717, 1.165) is 27.8 Å². The molecule has 3 aromatic heterocycles. The van der Waals surface area contributed by atoms with E-state index in [0.29, 0.717) is 10.7 Å². The molecule has 0 aliphatic rings. The van der Waals surface area contributed by atoms with Crippen LogP contribution in [0.25, 0.3) is 27.8 Å². The minimum atomic E-state index is -3.23. The summed E-state index contributed by atoms with van der Waals surface area (Å²) in [6.45, 7) is 0.